The SMILES string of the molecule is Cc1cc(C)cc(N(C)C(=O)N2CCC(C(=O)O)C2C)c1. The van der Waals surface area contributed by atoms with E-state index in [9.17, 15) is 9.59 Å². The van der Waals surface area contributed by atoms with E-state index in [0.29, 0.717) is 13.0 Å². The number of nitrogens with zero attached hydrogens (tertiary/aromatic N) is 2. The van der Waals surface area contributed by atoms with E-state index in [0.717, 1.165) is 16.8 Å². The summed E-state index contributed by atoms with van der Waals surface area (Å²) in [5, 5.41) is 9.16. The topological polar surface area (TPSA) is 60.9 Å². The van der Waals surface area contributed by atoms with Crippen molar-refractivity contribution >= 4 is 17.7 Å². The van der Waals surface area contributed by atoms with Crippen LogP contribution >= 0.6 is 0 Å². The van der Waals surface area contributed by atoms with Crippen LogP contribution in [-0.4, -0.2) is 41.6 Å². The van der Waals surface area contributed by atoms with Gasteiger partial charge in [-0.1, -0.05) is 6.07 Å². The van der Waals surface area contributed by atoms with Crippen LogP contribution in [0.15, 0.2) is 18.2 Å². The molecule has 0 aliphatic carbocycles. The Kier molecular flexibility index (Phi) is 4.21. The van der Waals surface area contributed by atoms with Crippen molar-refractivity contribution in [3.63, 3.8) is 0 Å². The third kappa shape index (κ3) is 3.01. The molecule has 0 spiro atoms. The summed E-state index contributed by atoms with van der Waals surface area (Å²) in [6, 6.07) is 5.56. The summed E-state index contributed by atoms with van der Waals surface area (Å²) in [5.41, 5.74) is 3.04. The minimum absolute atomic E-state index is 0.142. The van der Waals surface area contributed by atoms with Crippen molar-refractivity contribution in [2.75, 3.05) is 18.5 Å². The normalized spacial score (nSPS) is 21.4. The van der Waals surface area contributed by atoms with Gasteiger partial charge >= 0.3 is 12.0 Å². The quantitative estimate of drug-likeness (QED) is 0.911. The van der Waals surface area contributed by atoms with E-state index < -0.39 is 11.9 Å². The van der Waals surface area contributed by atoms with Crippen LogP contribution in [0.3, 0.4) is 0 Å². The molecular weight excluding hydrogens is 268 g/mol. The van der Waals surface area contributed by atoms with Crippen LogP contribution in [0.5, 0.6) is 0 Å². The number of carbonyl (C=O) groups excluding carboxylic acids is 1. The third-order valence-corrected chi connectivity index (χ3v) is 4.20. The molecule has 0 saturated carbocycles. The third-order valence-electron chi connectivity index (χ3n) is 4.20. The molecule has 2 rings (SSSR count). The maximum atomic E-state index is 12.6. The van der Waals surface area contributed by atoms with E-state index in [1.54, 1.807) is 23.8 Å². The van der Waals surface area contributed by atoms with Crippen LogP contribution < -0.4 is 4.90 Å². The Bertz CT molecular complexity index is 550. The zero-order chi connectivity index (χ0) is 15.7. The van der Waals surface area contributed by atoms with Crippen molar-refractivity contribution in [1.29, 1.82) is 0 Å². The number of rotatable bonds is 2. The zero-order valence-electron chi connectivity index (χ0n) is 13.0. The average molecular weight is 290 g/mol. The number of aliphatic carboxylic acids is 1. The van der Waals surface area contributed by atoms with Crippen LogP contribution in [0, 0.1) is 19.8 Å². The molecule has 1 N–H and O–H groups in total. The fraction of sp³-hybridized carbons (Fsp3) is 0.500. The lowest BCUT2D eigenvalue weighted by Gasteiger charge is -2.29. The number of carboxylic acid groups (broad SMARTS) is 1. The Morgan fingerprint density at radius 3 is 2.29 bits per heavy atom. The van der Waals surface area contributed by atoms with Crippen LogP contribution in [0.2, 0.25) is 0 Å². The number of anilines is 1. The van der Waals surface area contributed by atoms with Crippen molar-refractivity contribution < 1.29 is 14.7 Å². The van der Waals surface area contributed by atoms with E-state index in [-0.39, 0.29) is 12.1 Å². The van der Waals surface area contributed by atoms with E-state index >= 15 is 0 Å². The molecule has 1 aliphatic heterocycles. The summed E-state index contributed by atoms with van der Waals surface area (Å²) < 4.78 is 0. The smallest absolute Gasteiger partial charge is 0.324 e. The first kappa shape index (κ1) is 15.4. The summed E-state index contributed by atoms with van der Waals surface area (Å²) in [6.45, 7) is 6.28. The fourth-order valence-electron chi connectivity index (χ4n) is 2.99. The lowest BCUT2D eigenvalue weighted by molar-refractivity contribution is -0.142. The molecule has 5 heteroatoms. The number of aryl methyl sites for hydroxylation is 2. The van der Waals surface area contributed by atoms with Gasteiger partial charge < -0.3 is 10.0 Å². The second-order valence-electron chi connectivity index (χ2n) is 5.85. The highest BCUT2D eigenvalue weighted by Gasteiger charge is 2.39. The van der Waals surface area contributed by atoms with Crippen molar-refractivity contribution in [3.8, 4) is 0 Å². The molecule has 2 unspecified atom stereocenters. The van der Waals surface area contributed by atoms with Crippen molar-refractivity contribution in [3.05, 3.63) is 29.3 Å². The van der Waals surface area contributed by atoms with Gasteiger partial charge in [-0.2, -0.15) is 0 Å². The van der Waals surface area contributed by atoms with E-state index in [1.807, 2.05) is 26.0 Å². The number of carboxylic acids is 1. The number of carbonyl (C=O) groups is 2. The highest BCUT2D eigenvalue weighted by molar-refractivity contribution is 5.92. The highest BCUT2D eigenvalue weighted by atomic mass is 16.4. The first-order valence-electron chi connectivity index (χ1n) is 7.16. The predicted octanol–water partition coefficient (Wildman–Crippen LogP) is 2.65. The number of urea groups is 1. The molecule has 2 amide bonds. The molecule has 1 aliphatic rings. The van der Waals surface area contributed by atoms with Gasteiger partial charge in [0.15, 0.2) is 0 Å². The van der Waals surface area contributed by atoms with Gasteiger partial charge in [0.1, 0.15) is 0 Å². The summed E-state index contributed by atoms with van der Waals surface area (Å²) in [5.74, 6) is -1.30. The molecule has 1 fully saturated rings. The van der Waals surface area contributed by atoms with Crippen molar-refractivity contribution in [1.82, 2.24) is 4.90 Å². The monoisotopic (exact) mass is 290 g/mol. The highest BCUT2D eigenvalue weighted by Crippen LogP contribution is 2.27. The first-order valence-corrected chi connectivity index (χ1v) is 7.16. The molecular formula is C16H22N2O3. The van der Waals surface area contributed by atoms with Crippen LogP contribution in [0.4, 0.5) is 10.5 Å². The maximum absolute atomic E-state index is 12.6. The van der Waals surface area contributed by atoms with Gasteiger partial charge in [0.25, 0.3) is 0 Å². The second-order valence-corrected chi connectivity index (χ2v) is 5.85. The summed E-state index contributed by atoms with van der Waals surface area (Å²) in [7, 11) is 1.73. The van der Waals surface area contributed by atoms with Crippen molar-refractivity contribution in [2.24, 2.45) is 5.92 Å². The molecule has 5 nitrogen and oxygen atoms in total. The van der Waals surface area contributed by atoms with E-state index in [4.69, 9.17) is 5.11 Å². The predicted molar refractivity (Wildman–Crippen MR) is 81.6 cm³/mol. The molecule has 114 valence electrons. The lowest BCUT2D eigenvalue weighted by atomic mass is 10.0. The molecule has 0 aromatic heterocycles. The van der Waals surface area contributed by atoms with E-state index in [2.05, 4.69) is 6.07 Å². The molecule has 0 bridgehead atoms. The van der Waals surface area contributed by atoms with Crippen LogP contribution in [0.25, 0.3) is 0 Å². The largest absolute Gasteiger partial charge is 0.481 e. The summed E-state index contributed by atoms with van der Waals surface area (Å²) in [4.78, 5) is 27.0. The first-order chi connectivity index (χ1) is 9.81. The Morgan fingerprint density at radius 2 is 1.81 bits per heavy atom. The minimum Gasteiger partial charge on any atom is -0.481 e. The Labute approximate surface area is 125 Å². The maximum Gasteiger partial charge on any atom is 0.324 e. The Morgan fingerprint density at radius 1 is 1.24 bits per heavy atom. The van der Waals surface area contributed by atoms with Gasteiger partial charge in [0.05, 0.1) is 5.92 Å². The summed E-state index contributed by atoms with van der Waals surface area (Å²) in [6.07, 6.45) is 0.517. The van der Waals surface area contributed by atoms with Gasteiger partial charge in [0.2, 0.25) is 0 Å². The number of likely N-dealkylation sites (tertiary alicyclic amines) is 1. The molecule has 1 aromatic carbocycles. The number of hydrogen-bond acceptors (Lipinski definition) is 2. The van der Waals surface area contributed by atoms with Crippen LogP contribution in [-0.2, 0) is 4.79 Å². The zero-order valence-corrected chi connectivity index (χ0v) is 13.0. The average Bonchev–Trinajstić information content (AvgIpc) is 2.77. The van der Waals surface area contributed by atoms with E-state index in [1.165, 1.54) is 0 Å². The molecule has 1 saturated heterocycles. The van der Waals surface area contributed by atoms with Gasteiger partial charge in [-0.15, -0.1) is 0 Å². The number of amides is 2. The number of hydrogen-bond donors (Lipinski definition) is 1. The standard InChI is InChI=1S/C16H22N2O3/c1-10-7-11(2)9-13(8-10)17(4)16(21)18-6-5-14(12(18)3)15(19)20/h7-9,12,14H,5-6H2,1-4H3,(H,19,20). The van der Waals surface area contributed by atoms with Crippen LogP contribution in [0.1, 0.15) is 24.5 Å². The lowest BCUT2D eigenvalue weighted by Crippen LogP contribution is -2.44. The molecule has 0 radical (unpaired) electrons. The van der Waals surface area contributed by atoms with Gasteiger partial charge in [-0.3, -0.25) is 9.69 Å². The Balaban J connectivity index is 2.18. The fourth-order valence-corrected chi connectivity index (χ4v) is 2.99. The molecule has 1 aromatic rings. The number of benzene rings is 1. The second kappa shape index (κ2) is 5.76. The Hall–Kier alpha value is -2.04. The van der Waals surface area contributed by atoms with Crippen molar-refractivity contribution in [2.45, 2.75) is 33.2 Å². The molecule has 21 heavy (non-hydrogen) atoms. The molecule has 1 heterocycles. The van der Waals surface area contributed by atoms with Gasteiger partial charge in [-0.25, -0.2) is 4.79 Å². The minimum atomic E-state index is -0.827. The summed E-state index contributed by atoms with van der Waals surface area (Å²) >= 11 is 0. The molecule has 2 atom stereocenters. The van der Waals surface area contributed by atoms with Gasteiger partial charge in [0, 0.05) is 25.3 Å². The van der Waals surface area contributed by atoms with Gasteiger partial charge in [-0.05, 0) is 50.5 Å².